The molecule has 0 saturated carbocycles. The van der Waals surface area contributed by atoms with Crippen LogP contribution < -0.4 is 10.1 Å². The van der Waals surface area contributed by atoms with Crippen molar-refractivity contribution >= 4 is 11.3 Å². The van der Waals surface area contributed by atoms with E-state index in [0.29, 0.717) is 0 Å². The van der Waals surface area contributed by atoms with Crippen molar-refractivity contribution in [3.8, 4) is 5.75 Å². The minimum Gasteiger partial charge on any atom is -0.497 e. The van der Waals surface area contributed by atoms with E-state index >= 15 is 0 Å². The summed E-state index contributed by atoms with van der Waals surface area (Å²) in [5, 5.41) is 5.68. The average molecular weight is 276 g/mol. The second kappa shape index (κ2) is 7.26. The third-order valence-electron chi connectivity index (χ3n) is 3.02. The zero-order valence-electron chi connectivity index (χ0n) is 11.4. The zero-order valence-corrected chi connectivity index (χ0v) is 12.2. The quantitative estimate of drug-likeness (QED) is 0.841. The normalized spacial score (nSPS) is 12.3. The lowest BCUT2D eigenvalue weighted by Gasteiger charge is -2.17. The largest absolute Gasteiger partial charge is 0.497 e. The topological polar surface area (TPSA) is 34.1 Å². The van der Waals surface area contributed by atoms with Gasteiger partial charge in [-0.05, 0) is 37.1 Å². The van der Waals surface area contributed by atoms with Crippen LogP contribution in [0.2, 0.25) is 0 Å². The predicted octanol–water partition coefficient (Wildman–Crippen LogP) is 3.44. The summed E-state index contributed by atoms with van der Waals surface area (Å²) in [6.45, 7) is 3.18. The molecule has 3 nitrogen and oxygen atoms in total. The summed E-state index contributed by atoms with van der Waals surface area (Å²) in [6.07, 6.45) is 2.06. The van der Waals surface area contributed by atoms with Crippen LogP contribution in [-0.4, -0.2) is 18.6 Å². The molecule has 0 aliphatic rings. The second-order valence-corrected chi connectivity index (χ2v) is 5.19. The van der Waals surface area contributed by atoms with Crippen molar-refractivity contribution in [2.45, 2.75) is 25.8 Å². The molecule has 19 heavy (non-hydrogen) atoms. The van der Waals surface area contributed by atoms with Gasteiger partial charge in [0.25, 0.3) is 0 Å². The van der Waals surface area contributed by atoms with E-state index in [-0.39, 0.29) is 6.04 Å². The minimum absolute atomic E-state index is 0.276. The van der Waals surface area contributed by atoms with E-state index in [1.54, 1.807) is 18.4 Å². The summed E-state index contributed by atoms with van der Waals surface area (Å²) in [5.41, 5.74) is 4.28. The number of methoxy groups -OCH3 is 1. The number of aromatic nitrogens is 1. The van der Waals surface area contributed by atoms with E-state index in [1.165, 1.54) is 5.56 Å². The molecule has 2 rings (SSSR count). The van der Waals surface area contributed by atoms with Crippen LogP contribution in [0.5, 0.6) is 5.75 Å². The standard InChI is InChI=1S/C15H20N2OS/c1-3-7-16-14(15-10-19-11-17-15)9-12-5-4-6-13(8-12)18-2/h4-6,8,10-11,14,16H,3,7,9H2,1-2H3. The Hall–Kier alpha value is -1.39. The molecule has 0 aliphatic carbocycles. The first kappa shape index (κ1) is 14.0. The molecular weight excluding hydrogens is 256 g/mol. The van der Waals surface area contributed by atoms with Crippen molar-refractivity contribution in [1.82, 2.24) is 10.3 Å². The first-order chi connectivity index (χ1) is 9.33. The maximum atomic E-state index is 5.27. The van der Waals surface area contributed by atoms with Crippen molar-refractivity contribution in [1.29, 1.82) is 0 Å². The highest BCUT2D eigenvalue weighted by molar-refractivity contribution is 7.07. The Morgan fingerprint density at radius 2 is 2.32 bits per heavy atom. The highest BCUT2D eigenvalue weighted by Crippen LogP contribution is 2.21. The van der Waals surface area contributed by atoms with E-state index in [9.17, 15) is 0 Å². The molecule has 4 heteroatoms. The average Bonchev–Trinajstić information content (AvgIpc) is 2.97. The summed E-state index contributed by atoms with van der Waals surface area (Å²) in [7, 11) is 1.70. The lowest BCUT2D eigenvalue weighted by Crippen LogP contribution is -2.24. The fourth-order valence-corrected chi connectivity index (χ4v) is 2.64. The number of rotatable bonds is 7. The van der Waals surface area contributed by atoms with Crippen LogP contribution in [0.15, 0.2) is 35.2 Å². The number of nitrogens with zero attached hydrogens (tertiary/aromatic N) is 1. The molecule has 1 aromatic heterocycles. The molecular formula is C15H20N2OS. The first-order valence-corrected chi connectivity index (χ1v) is 7.52. The molecule has 0 bridgehead atoms. The summed E-state index contributed by atoms with van der Waals surface area (Å²) < 4.78 is 5.27. The van der Waals surface area contributed by atoms with Gasteiger partial charge in [-0.3, -0.25) is 0 Å². The second-order valence-electron chi connectivity index (χ2n) is 4.48. The van der Waals surface area contributed by atoms with Gasteiger partial charge in [0.05, 0.1) is 24.4 Å². The summed E-state index contributed by atoms with van der Waals surface area (Å²) in [6, 6.07) is 8.51. The van der Waals surface area contributed by atoms with Gasteiger partial charge in [-0.15, -0.1) is 11.3 Å². The lowest BCUT2D eigenvalue weighted by atomic mass is 10.0. The molecule has 0 spiro atoms. The maximum Gasteiger partial charge on any atom is 0.119 e. The van der Waals surface area contributed by atoms with Crippen LogP contribution >= 0.6 is 11.3 Å². The molecule has 1 N–H and O–H groups in total. The van der Waals surface area contributed by atoms with Gasteiger partial charge in [-0.25, -0.2) is 4.98 Å². The van der Waals surface area contributed by atoms with E-state index in [1.807, 2.05) is 17.6 Å². The van der Waals surface area contributed by atoms with Crippen molar-refractivity contribution in [2.24, 2.45) is 0 Å². The fourth-order valence-electron chi connectivity index (χ4n) is 2.03. The molecule has 0 amide bonds. The summed E-state index contributed by atoms with van der Waals surface area (Å²) >= 11 is 1.64. The van der Waals surface area contributed by atoms with Crippen LogP contribution in [0.25, 0.3) is 0 Å². The Kier molecular flexibility index (Phi) is 5.36. The molecule has 1 aromatic carbocycles. The van der Waals surface area contributed by atoms with Crippen LogP contribution in [0.1, 0.15) is 30.6 Å². The van der Waals surface area contributed by atoms with Gasteiger partial charge in [0.15, 0.2) is 0 Å². The molecule has 0 saturated heterocycles. The smallest absolute Gasteiger partial charge is 0.119 e. The third kappa shape index (κ3) is 4.04. The first-order valence-electron chi connectivity index (χ1n) is 6.58. The molecule has 0 aliphatic heterocycles. The predicted molar refractivity (Wildman–Crippen MR) is 79.8 cm³/mol. The number of nitrogens with one attached hydrogen (secondary N) is 1. The Balaban J connectivity index is 2.10. The monoisotopic (exact) mass is 276 g/mol. The zero-order chi connectivity index (χ0) is 13.5. The van der Waals surface area contributed by atoms with Crippen LogP contribution in [0.4, 0.5) is 0 Å². The van der Waals surface area contributed by atoms with Gasteiger partial charge >= 0.3 is 0 Å². The van der Waals surface area contributed by atoms with Crippen molar-refractivity contribution in [2.75, 3.05) is 13.7 Å². The Morgan fingerprint density at radius 3 is 3.00 bits per heavy atom. The van der Waals surface area contributed by atoms with Gasteiger partial charge in [0.2, 0.25) is 0 Å². The van der Waals surface area contributed by atoms with Crippen LogP contribution in [-0.2, 0) is 6.42 Å². The Morgan fingerprint density at radius 1 is 1.42 bits per heavy atom. The van der Waals surface area contributed by atoms with E-state index in [4.69, 9.17) is 4.74 Å². The van der Waals surface area contributed by atoms with Gasteiger partial charge in [0, 0.05) is 5.38 Å². The fraction of sp³-hybridized carbons (Fsp3) is 0.400. The number of hydrogen-bond donors (Lipinski definition) is 1. The number of benzene rings is 1. The van der Waals surface area contributed by atoms with E-state index in [0.717, 1.165) is 30.8 Å². The van der Waals surface area contributed by atoms with Gasteiger partial charge in [0.1, 0.15) is 5.75 Å². The minimum atomic E-state index is 0.276. The van der Waals surface area contributed by atoms with Crippen molar-refractivity contribution in [3.05, 3.63) is 46.4 Å². The SMILES string of the molecule is CCCNC(Cc1cccc(OC)c1)c1cscn1. The summed E-state index contributed by atoms with van der Waals surface area (Å²) in [4.78, 5) is 4.43. The van der Waals surface area contributed by atoms with E-state index in [2.05, 4.69) is 34.7 Å². The van der Waals surface area contributed by atoms with Gasteiger partial charge in [-0.2, -0.15) is 0 Å². The summed E-state index contributed by atoms with van der Waals surface area (Å²) in [5.74, 6) is 0.907. The molecule has 1 atom stereocenters. The van der Waals surface area contributed by atoms with Crippen LogP contribution in [0, 0.1) is 0 Å². The highest BCUT2D eigenvalue weighted by atomic mass is 32.1. The van der Waals surface area contributed by atoms with Crippen molar-refractivity contribution < 1.29 is 4.74 Å². The molecule has 0 radical (unpaired) electrons. The number of thiazole rings is 1. The van der Waals surface area contributed by atoms with Crippen molar-refractivity contribution in [3.63, 3.8) is 0 Å². The highest BCUT2D eigenvalue weighted by Gasteiger charge is 2.13. The molecule has 102 valence electrons. The molecule has 1 heterocycles. The maximum absolute atomic E-state index is 5.27. The molecule has 2 aromatic rings. The van der Waals surface area contributed by atoms with Crippen LogP contribution in [0.3, 0.4) is 0 Å². The Labute approximate surface area is 118 Å². The Bertz CT molecular complexity index is 485. The molecule has 1 unspecified atom stereocenters. The van der Waals surface area contributed by atoms with E-state index < -0.39 is 0 Å². The lowest BCUT2D eigenvalue weighted by molar-refractivity contribution is 0.413. The third-order valence-corrected chi connectivity index (χ3v) is 3.63. The number of ether oxygens (including phenoxy) is 1. The van der Waals surface area contributed by atoms with Gasteiger partial charge in [-0.1, -0.05) is 19.1 Å². The van der Waals surface area contributed by atoms with Gasteiger partial charge < -0.3 is 10.1 Å². The molecule has 0 fully saturated rings. The number of hydrogen-bond acceptors (Lipinski definition) is 4.